The van der Waals surface area contributed by atoms with Crippen molar-refractivity contribution in [3.63, 3.8) is 0 Å². The highest BCUT2D eigenvalue weighted by atomic mass is 16.8. The molecule has 0 spiro atoms. The first kappa shape index (κ1) is 54.1. The van der Waals surface area contributed by atoms with E-state index in [0.717, 1.165) is 0 Å². The molecule has 386 valence electrons. The lowest BCUT2D eigenvalue weighted by molar-refractivity contribution is -0.400. The summed E-state index contributed by atoms with van der Waals surface area (Å²) in [5.74, 6) is 0. The van der Waals surface area contributed by atoms with Crippen LogP contribution in [0.15, 0.2) is 0 Å². The highest BCUT2D eigenvalue weighted by Crippen LogP contribution is 2.36. The Labute approximate surface area is 373 Å². The maximum Gasteiger partial charge on any atom is 0.189 e. The average Bonchev–Trinajstić information content (AvgIpc) is 3.30. The predicted octanol–water partition coefficient (Wildman–Crippen LogP) is -13.1. The van der Waals surface area contributed by atoms with Crippen LogP contribution in [0.5, 0.6) is 0 Å². The zero-order valence-corrected chi connectivity index (χ0v) is 34.8. The highest BCUT2D eigenvalue weighted by molar-refractivity contribution is 4.99. The lowest BCUT2D eigenvalue weighted by Crippen LogP contribution is -2.68. The van der Waals surface area contributed by atoms with Crippen molar-refractivity contribution in [1.82, 2.24) is 0 Å². The summed E-state index contributed by atoms with van der Waals surface area (Å²) >= 11 is 0. The molecule has 0 aromatic heterocycles. The van der Waals surface area contributed by atoms with Gasteiger partial charge in [-0.3, -0.25) is 0 Å². The Morgan fingerprint density at radius 2 is 0.621 bits per heavy atom. The van der Waals surface area contributed by atoms with Crippen LogP contribution >= 0.6 is 0 Å². The van der Waals surface area contributed by atoms with E-state index in [4.69, 9.17) is 52.1 Å². The van der Waals surface area contributed by atoms with E-state index in [1.165, 1.54) is 6.92 Å². The Bertz CT molecular complexity index is 1490. The third-order valence-electron chi connectivity index (χ3n) is 12.4. The first-order valence-corrected chi connectivity index (χ1v) is 21.0. The smallest absolute Gasteiger partial charge is 0.189 e. The molecule has 30 heteroatoms. The van der Waals surface area contributed by atoms with Crippen molar-refractivity contribution < 1.29 is 149 Å². The molecule has 6 heterocycles. The molecule has 0 bridgehead atoms. The van der Waals surface area contributed by atoms with Gasteiger partial charge in [0, 0.05) is 0 Å². The van der Waals surface area contributed by atoms with E-state index in [-0.39, 0.29) is 0 Å². The van der Waals surface area contributed by atoms with Crippen molar-refractivity contribution in [2.45, 2.75) is 191 Å². The number of hydrogen-bond acceptors (Lipinski definition) is 30. The summed E-state index contributed by atoms with van der Waals surface area (Å²) in [5.41, 5.74) is 0. The van der Waals surface area contributed by atoms with Crippen molar-refractivity contribution >= 4 is 0 Å². The monoisotopic (exact) mass is 974 g/mol. The van der Waals surface area contributed by atoms with Crippen molar-refractivity contribution in [1.29, 1.82) is 0 Å². The summed E-state index contributed by atoms with van der Waals surface area (Å²) in [5, 5.41) is 201. The minimum Gasteiger partial charge on any atom is -0.394 e. The summed E-state index contributed by atoms with van der Waals surface area (Å²) in [4.78, 5) is 0. The summed E-state index contributed by atoms with van der Waals surface area (Å²) in [6, 6.07) is 0. The largest absolute Gasteiger partial charge is 0.394 e. The second kappa shape index (κ2) is 22.9. The molecule has 0 saturated carbocycles. The minimum atomic E-state index is -2.28. The lowest BCUT2D eigenvalue weighted by atomic mass is 9.94. The van der Waals surface area contributed by atoms with E-state index in [1.807, 2.05) is 0 Å². The third-order valence-corrected chi connectivity index (χ3v) is 12.4. The highest BCUT2D eigenvalue weighted by Gasteiger charge is 2.57. The van der Waals surface area contributed by atoms with Crippen LogP contribution in [0.2, 0.25) is 0 Å². The number of hydrogen-bond donors (Lipinski definition) is 19. The Morgan fingerprint density at radius 3 is 1.06 bits per heavy atom. The second-order valence-electron chi connectivity index (χ2n) is 16.8. The van der Waals surface area contributed by atoms with Crippen LogP contribution < -0.4 is 0 Å². The number of ether oxygens (including phenoxy) is 11. The van der Waals surface area contributed by atoms with Gasteiger partial charge in [-0.05, 0) is 6.92 Å². The third kappa shape index (κ3) is 11.0. The summed E-state index contributed by atoms with van der Waals surface area (Å²) < 4.78 is 60.9. The van der Waals surface area contributed by atoms with Gasteiger partial charge in [0.1, 0.15) is 140 Å². The van der Waals surface area contributed by atoms with Gasteiger partial charge in [0.05, 0.1) is 39.1 Å². The standard InChI is InChI=1S/C36H62O30/c1-7-13(41)27(15(43)9(3-38)57-7)62-34-24(52)28(16(44)10(4-39)59-34)64-35-25(53)29(17(45)11(5-40)60-35)65-36-26(54)30(63-33-23(51)20(48)21(49)31(55)66-33)18(46)12(61-36)6-56-32-22(50)19(47)14(42)8(2-37)58-32/h7-55H,2-6H2,1H3/t7-,8-,9-,10-,11-,12-,13+,14-,15-,16-,17-,18-,19+,20+,21+,22-,23-,24-,25-,26-,27-,28+,29+,30+,31+,32-,33-,34+,35+,36+/m1/s1. The van der Waals surface area contributed by atoms with Gasteiger partial charge in [-0.2, -0.15) is 0 Å². The molecule has 66 heavy (non-hydrogen) atoms. The molecule has 6 aliphatic rings. The fourth-order valence-electron chi connectivity index (χ4n) is 8.35. The van der Waals surface area contributed by atoms with Crippen molar-refractivity contribution in [3.05, 3.63) is 0 Å². The molecule has 0 aliphatic carbocycles. The first-order chi connectivity index (χ1) is 31.2. The number of aliphatic hydroxyl groups is 19. The summed E-state index contributed by atoms with van der Waals surface area (Å²) in [6.45, 7) is -3.05. The van der Waals surface area contributed by atoms with Crippen molar-refractivity contribution in [2.75, 3.05) is 33.0 Å². The molecule has 19 N–H and O–H groups in total. The van der Waals surface area contributed by atoms with E-state index < -0.39 is 217 Å². The molecule has 30 atom stereocenters. The molecular formula is C36H62O30. The maximum absolute atomic E-state index is 11.6. The van der Waals surface area contributed by atoms with Crippen LogP contribution in [-0.2, 0) is 52.1 Å². The lowest BCUT2D eigenvalue weighted by Gasteiger charge is -2.49. The van der Waals surface area contributed by atoms with E-state index in [1.54, 1.807) is 0 Å². The van der Waals surface area contributed by atoms with Crippen LogP contribution in [-0.4, -0.2) is 314 Å². The van der Waals surface area contributed by atoms with Crippen LogP contribution in [0.25, 0.3) is 0 Å². The molecule has 6 saturated heterocycles. The molecular weight excluding hydrogens is 912 g/mol. The van der Waals surface area contributed by atoms with Crippen LogP contribution in [0.3, 0.4) is 0 Å². The predicted molar refractivity (Wildman–Crippen MR) is 198 cm³/mol. The first-order valence-electron chi connectivity index (χ1n) is 21.0. The number of rotatable bonds is 15. The molecule has 0 unspecified atom stereocenters. The summed E-state index contributed by atoms with van der Waals surface area (Å²) in [7, 11) is 0. The van der Waals surface area contributed by atoms with E-state index >= 15 is 0 Å². The molecule has 0 radical (unpaired) electrons. The molecule has 6 fully saturated rings. The summed E-state index contributed by atoms with van der Waals surface area (Å²) in [6.07, 6.45) is -57.0. The topological polar surface area (TPSA) is 486 Å². The molecule has 0 aromatic rings. The van der Waals surface area contributed by atoms with Crippen molar-refractivity contribution in [3.8, 4) is 0 Å². The number of aliphatic hydroxyl groups excluding tert-OH is 19. The quantitative estimate of drug-likeness (QED) is 0.0724. The van der Waals surface area contributed by atoms with Crippen LogP contribution in [0, 0.1) is 0 Å². The van der Waals surface area contributed by atoms with E-state index in [2.05, 4.69) is 0 Å². The molecule has 0 amide bonds. The van der Waals surface area contributed by atoms with Gasteiger partial charge in [0.25, 0.3) is 0 Å². The SMILES string of the molecule is C[C@H]1O[C@H](CO)[C@@H](O)[C@H](O[C@@H]2O[C@H](CO)[C@@H](O)[C@H](O[C@@H]3O[C@H](CO)[C@@H](O)[C@H](O[C@@H]4O[C@H](CO[C@@H]5O[C@H](CO)[C@@H](O)[C@H](O)[C@H]5O)[C@@H](O)[C@H](O[C@@H]5O[C@H](O)[C@@H](O)[C@H](O)[C@H]5O)[C@H]4O)[C@H]3O)[C@H]2O)[C@H]1O. The van der Waals surface area contributed by atoms with E-state index in [9.17, 15) is 97.0 Å². The van der Waals surface area contributed by atoms with Gasteiger partial charge in [-0.15, -0.1) is 0 Å². The Balaban J connectivity index is 1.23. The Morgan fingerprint density at radius 1 is 0.303 bits per heavy atom. The Kier molecular flexibility index (Phi) is 18.8. The molecule has 30 nitrogen and oxygen atoms in total. The van der Waals surface area contributed by atoms with Gasteiger partial charge >= 0.3 is 0 Å². The van der Waals surface area contributed by atoms with Crippen LogP contribution in [0.1, 0.15) is 6.92 Å². The second-order valence-corrected chi connectivity index (χ2v) is 16.8. The van der Waals surface area contributed by atoms with Gasteiger partial charge in [0.15, 0.2) is 37.7 Å². The van der Waals surface area contributed by atoms with Gasteiger partial charge in [-0.25, -0.2) is 0 Å². The van der Waals surface area contributed by atoms with Crippen molar-refractivity contribution in [2.24, 2.45) is 0 Å². The Hall–Kier alpha value is -1.20. The molecule has 6 aliphatic heterocycles. The zero-order valence-electron chi connectivity index (χ0n) is 34.8. The minimum absolute atomic E-state index is 0.709. The van der Waals surface area contributed by atoms with Gasteiger partial charge in [-0.1, -0.05) is 0 Å². The fraction of sp³-hybridized carbons (Fsp3) is 1.00. The van der Waals surface area contributed by atoms with E-state index in [0.29, 0.717) is 0 Å². The average molecular weight is 975 g/mol. The zero-order chi connectivity index (χ0) is 48.6. The van der Waals surface area contributed by atoms with Crippen LogP contribution in [0.4, 0.5) is 0 Å². The van der Waals surface area contributed by atoms with Gasteiger partial charge in [0.2, 0.25) is 0 Å². The molecule has 6 rings (SSSR count). The molecule has 0 aromatic carbocycles. The van der Waals surface area contributed by atoms with Gasteiger partial charge < -0.3 is 149 Å². The normalized spacial score (nSPS) is 54.0. The fourth-order valence-corrected chi connectivity index (χ4v) is 8.35. The maximum atomic E-state index is 11.6.